The van der Waals surface area contributed by atoms with E-state index in [-0.39, 0.29) is 25.0 Å². The number of piperidine rings is 1. The van der Waals surface area contributed by atoms with Gasteiger partial charge in [-0.2, -0.15) is 5.26 Å². The molecule has 0 saturated carbocycles. The summed E-state index contributed by atoms with van der Waals surface area (Å²) in [5, 5.41) is 28.6. The molecule has 0 bridgehead atoms. The Balaban J connectivity index is 1.95. The van der Waals surface area contributed by atoms with Crippen LogP contribution < -0.4 is 4.90 Å². The van der Waals surface area contributed by atoms with E-state index in [9.17, 15) is 25.1 Å². The molecule has 8 heteroatoms. The minimum atomic E-state index is -1.04. The molecule has 0 radical (unpaired) electrons. The van der Waals surface area contributed by atoms with Crippen LogP contribution in [0.2, 0.25) is 0 Å². The van der Waals surface area contributed by atoms with E-state index in [1.165, 1.54) is 4.90 Å². The third-order valence-corrected chi connectivity index (χ3v) is 5.04. The lowest BCUT2D eigenvalue weighted by atomic mass is 9.93. The van der Waals surface area contributed by atoms with Crippen LogP contribution in [0.4, 0.5) is 5.69 Å². The number of aromatic nitrogens is 1. The maximum atomic E-state index is 11.2. The van der Waals surface area contributed by atoms with Crippen LogP contribution in [-0.2, 0) is 9.59 Å². The molecule has 2 aromatic rings. The normalized spacial score (nSPS) is 19.5. The van der Waals surface area contributed by atoms with Crippen molar-refractivity contribution in [2.45, 2.75) is 19.4 Å². The Bertz CT molecular complexity index is 923. The average Bonchev–Trinajstić information content (AvgIpc) is 2.65. The molecule has 1 saturated heterocycles. The molecule has 1 aliphatic rings. The van der Waals surface area contributed by atoms with Gasteiger partial charge in [0.15, 0.2) is 0 Å². The predicted molar refractivity (Wildman–Crippen MR) is 103 cm³/mol. The van der Waals surface area contributed by atoms with Gasteiger partial charge in [0.05, 0.1) is 24.2 Å². The van der Waals surface area contributed by atoms with Crippen molar-refractivity contribution < 1.29 is 19.8 Å². The lowest BCUT2D eigenvalue weighted by Gasteiger charge is -2.42. The van der Waals surface area contributed by atoms with Gasteiger partial charge in [-0.05, 0) is 36.6 Å². The highest BCUT2D eigenvalue weighted by molar-refractivity contribution is 5.95. The third-order valence-electron chi connectivity index (χ3n) is 5.04. The summed E-state index contributed by atoms with van der Waals surface area (Å²) in [6.45, 7) is 2.73. The highest BCUT2D eigenvalue weighted by Gasteiger charge is 2.32. The second-order valence-electron chi connectivity index (χ2n) is 7.24. The van der Waals surface area contributed by atoms with Crippen molar-refractivity contribution in [3.8, 4) is 6.07 Å². The Morgan fingerprint density at radius 1 is 1.25 bits per heavy atom. The lowest BCUT2D eigenvalue weighted by molar-refractivity contribution is -0.143. The summed E-state index contributed by atoms with van der Waals surface area (Å²) in [5.74, 6) is -1.83. The molecule has 2 atom stereocenters. The van der Waals surface area contributed by atoms with Crippen LogP contribution in [0.25, 0.3) is 10.9 Å². The second kappa shape index (κ2) is 8.23. The zero-order valence-corrected chi connectivity index (χ0v) is 15.6. The van der Waals surface area contributed by atoms with E-state index in [1.54, 1.807) is 12.3 Å². The number of hydrogen-bond donors (Lipinski definition) is 2. The fraction of sp³-hybridized carbons (Fsp3) is 0.400. The molecular weight excluding hydrogens is 360 g/mol. The fourth-order valence-corrected chi connectivity index (χ4v) is 3.97. The van der Waals surface area contributed by atoms with Crippen LogP contribution in [-0.4, -0.2) is 64.3 Å². The number of anilines is 1. The standard InChI is InChI=1S/C20H22N4O4/c1-13-7-15(23(11-18(25)26)12-19(27)28)10-24(9-13)17-5-4-14(8-21)20-16(17)3-2-6-22-20/h2-6,13,15H,7,9-12H2,1H3,(H,25,26)(H,27,28)/t13-,15+/m0/s1. The molecule has 1 aromatic carbocycles. The summed E-state index contributed by atoms with van der Waals surface area (Å²) >= 11 is 0. The van der Waals surface area contributed by atoms with Gasteiger partial charge in [0.2, 0.25) is 0 Å². The number of aliphatic carboxylic acids is 2. The summed E-state index contributed by atoms with van der Waals surface area (Å²) in [6, 6.07) is 9.32. The molecule has 0 spiro atoms. The number of benzene rings is 1. The van der Waals surface area contributed by atoms with E-state index in [0.717, 1.165) is 24.0 Å². The van der Waals surface area contributed by atoms with Gasteiger partial charge >= 0.3 is 11.9 Å². The molecule has 1 fully saturated rings. The van der Waals surface area contributed by atoms with Crippen molar-refractivity contribution in [1.82, 2.24) is 9.88 Å². The number of carboxylic acid groups (broad SMARTS) is 2. The maximum Gasteiger partial charge on any atom is 0.317 e. The van der Waals surface area contributed by atoms with Crippen LogP contribution in [0.5, 0.6) is 0 Å². The van der Waals surface area contributed by atoms with E-state index in [2.05, 4.69) is 22.9 Å². The molecule has 8 nitrogen and oxygen atoms in total. The summed E-state index contributed by atoms with van der Waals surface area (Å²) in [6.07, 6.45) is 2.37. The van der Waals surface area contributed by atoms with Crippen molar-refractivity contribution in [3.63, 3.8) is 0 Å². The second-order valence-corrected chi connectivity index (χ2v) is 7.24. The number of nitrogens with zero attached hydrogens (tertiary/aromatic N) is 4. The van der Waals surface area contributed by atoms with Crippen molar-refractivity contribution in [1.29, 1.82) is 5.26 Å². The van der Waals surface area contributed by atoms with Gasteiger partial charge < -0.3 is 15.1 Å². The molecular formula is C20H22N4O4. The third kappa shape index (κ3) is 4.21. The first-order chi connectivity index (χ1) is 13.4. The Hall–Kier alpha value is -3.18. The first kappa shape index (κ1) is 19.6. The molecule has 1 aromatic heterocycles. The first-order valence-electron chi connectivity index (χ1n) is 9.09. The molecule has 0 aliphatic carbocycles. The molecule has 3 rings (SSSR count). The number of carbonyl (C=O) groups is 2. The minimum absolute atomic E-state index is 0.196. The van der Waals surface area contributed by atoms with Gasteiger partial charge in [-0.3, -0.25) is 19.5 Å². The Morgan fingerprint density at radius 3 is 2.61 bits per heavy atom. The van der Waals surface area contributed by atoms with E-state index in [4.69, 9.17) is 0 Å². The monoisotopic (exact) mass is 382 g/mol. The van der Waals surface area contributed by atoms with Crippen molar-refractivity contribution in [3.05, 3.63) is 36.0 Å². The number of pyridine rings is 1. The van der Waals surface area contributed by atoms with Gasteiger partial charge in [0.1, 0.15) is 6.07 Å². The Labute approximate surface area is 162 Å². The van der Waals surface area contributed by atoms with Gasteiger partial charge in [0.25, 0.3) is 0 Å². The smallest absolute Gasteiger partial charge is 0.317 e. The summed E-state index contributed by atoms with van der Waals surface area (Å²) in [4.78, 5) is 30.4. The van der Waals surface area contributed by atoms with Gasteiger partial charge in [-0.25, -0.2) is 0 Å². The first-order valence-corrected chi connectivity index (χ1v) is 9.09. The van der Waals surface area contributed by atoms with Gasteiger partial charge in [-0.1, -0.05) is 6.92 Å². The Kier molecular flexibility index (Phi) is 5.76. The SMILES string of the molecule is C[C@H]1C[C@@H](N(CC(=O)O)CC(=O)O)CN(c2ccc(C#N)c3ncccc23)C1. The number of rotatable bonds is 6. The van der Waals surface area contributed by atoms with Gasteiger partial charge in [-0.15, -0.1) is 0 Å². The van der Waals surface area contributed by atoms with Crippen molar-refractivity contribution in [2.24, 2.45) is 5.92 Å². The van der Waals surface area contributed by atoms with Crippen molar-refractivity contribution >= 4 is 28.5 Å². The largest absolute Gasteiger partial charge is 0.480 e. The molecule has 2 heterocycles. The number of hydrogen-bond acceptors (Lipinski definition) is 6. The maximum absolute atomic E-state index is 11.2. The fourth-order valence-electron chi connectivity index (χ4n) is 3.97. The van der Waals surface area contributed by atoms with Crippen molar-refractivity contribution in [2.75, 3.05) is 31.1 Å². The van der Waals surface area contributed by atoms with Crippen LogP contribution in [0.1, 0.15) is 18.9 Å². The predicted octanol–water partition coefficient (Wildman–Crippen LogP) is 1.79. The quantitative estimate of drug-likeness (QED) is 0.776. The van der Waals surface area contributed by atoms with E-state index < -0.39 is 11.9 Å². The number of carboxylic acids is 2. The summed E-state index contributed by atoms with van der Waals surface area (Å²) in [7, 11) is 0. The molecule has 146 valence electrons. The average molecular weight is 382 g/mol. The van der Waals surface area contributed by atoms with E-state index in [0.29, 0.717) is 17.6 Å². The van der Waals surface area contributed by atoms with Gasteiger partial charge in [0, 0.05) is 36.4 Å². The number of fused-ring (bicyclic) bond motifs is 1. The minimum Gasteiger partial charge on any atom is -0.480 e. The molecule has 28 heavy (non-hydrogen) atoms. The zero-order valence-electron chi connectivity index (χ0n) is 15.6. The van der Waals surface area contributed by atoms with E-state index >= 15 is 0 Å². The van der Waals surface area contributed by atoms with Crippen LogP contribution in [0.3, 0.4) is 0 Å². The number of nitriles is 1. The zero-order chi connectivity index (χ0) is 20.3. The van der Waals surface area contributed by atoms with Crippen LogP contribution in [0.15, 0.2) is 30.5 Å². The summed E-state index contributed by atoms with van der Waals surface area (Å²) in [5.41, 5.74) is 2.05. The lowest BCUT2D eigenvalue weighted by Crippen LogP contribution is -2.53. The van der Waals surface area contributed by atoms with Crippen LogP contribution in [0, 0.1) is 17.2 Å². The topological polar surface area (TPSA) is 118 Å². The summed E-state index contributed by atoms with van der Waals surface area (Å²) < 4.78 is 0. The van der Waals surface area contributed by atoms with E-state index in [1.807, 2.05) is 18.2 Å². The molecule has 0 unspecified atom stereocenters. The Morgan fingerprint density at radius 2 is 1.96 bits per heavy atom. The molecule has 2 N–H and O–H groups in total. The van der Waals surface area contributed by atoms with Crippen LogP contribution >= 0.6 is 0 Å². The molecule has 0 amide bonds. The highest BCUT2D eigenvalue weighted by Crippen LogP contribution is 2.32. The highest BCUT2D eigenvalue weighted by atomic mass is 16.4. The molecule has 1 aliphatic heterocycles.